The Morgan fingerprint density at radius 1 is 0.833 bits per heavy atom. The maximum Gasteiger partial charge on any atom is 0.299 e. The van der Waals surface area contributed by atoms with Gasteiger partial charge in [0.2, 0.25) is 0 Å². The van der Waals surface area contributed by atoms with Gasteiger partial charge >= 0.3 is 0 Å². The number of unbranched alkanes of at least 4 members (excludes halogenated alkanes) is 1. The van der Waals surface area contributed by atoms with E-state index in [0.29, 0.717) is 17.8 Å². The summed E-state index contributed by atoms with van der Waals surface area (Å²) < 4.78 is 27.8. The summed E-state index contributed by atoms with van der Waals surface area (Å²) in [6.45, 7) is 3.14. The zero-order valence-corrected chi connectivity index (χ0v) is 19.9. The van der Waals surface area contributed by atoms with Crippen molar-refractivity contribution < 1.29 is 18.4 Å². The van der Waals surface area contributed by atoms with E-state index in [-0.39, 0.29) is 23.6 Å². The molecule has 184 valence electrons. The van der Waals surface area contributed by atoms with Crippen molar-refractivity contribution in [2.24, 2.45) is 0 Å². The van der Waals surface area contributed by atoms with Crippen molar-refractivity contribution in [3.05, 3.63) is 89.5 Å². The summed E-state index contributed by atoms with van der Waals surface area (Å²) in [5.74, 6) is -1.21. The van der Waals surface area contributed by atoms with Crippen molar-refractivity contribution in [2.45, 2.75) is 31.2 Å². The van der Waals surface area contributed by atoms with Crippen LogP contribution in [-0.2, 0) is 4.79 Å². The second kappa shape index (κ2) is 9.13. The average molecular weight is 488 g/mol. The van der Waals surface area contributed by atoms with Crippen LogP contribution in [0.5, 0.6) is 0 Å². The minimum atomic E-state index is -0.442. The summed E-state index contributed by atoms with van der Waals surface area (Å²) in [6.07, 6.45) is 2.62. The highest BCUT2D eigenvalue weighted by Crippen LogP contribution is 2.48. The number of likely N-dealkylation sites (tertiary alicyclic amines) is 1. The van der Waals surface area contributed by atoms with E-state index in [1.54, 1.807) is 35.2 Å². The number of halogens is 2. The van der Waals surface area contributed by atoms with E-state index in [1.165, 1.54) is 18.2 Å². The number of piperidine rings is 1. The fourth-order valence-corrected chi connectivity index (χ4v) is 6.05. The number of hydrogen-bond donors (Lipinski definition) is 0. The molecule has 3 heterocycles. The molecule has 1 saturated heterocycles. The molecule has 5 nitrogen and oxygen atoms in total. The standard InChI is InChI=1S/C29H27F2N3O2/c30-19-7-10-21(11-8-19)34-26-12-9-20(31)17-23(26)24-18-32(16-13-27(24)34)14-3-4-15-33-25-6-2-1-5-22(25)28(35)29(33)36/h1-2,5-12,17,24,27H,3-4,13-16,18H2/t24-,27+/m0/s1. The van der Waals surface area contributed by atoms with Crippen LogP contribution in [0.2, 0.25) is 0 Å². The number of nitrogens with zero attached hydrogens (tertiary/aromatic N) is 3. The molecule has 7 heteroatoms. The van der Waals surface area contributed by atoms with Crippen LogP contribution in [0.4, 0.5) is 25.8 Å². The second-order valence-corrected chi connectivity index (χ2v) is 9.82. The van der Waals surface area contributed by atoms with E-state index in [9.17, 15) is 18.4 Å². The molecule has 3 aliphatic rings. The summed E-state index contributed by atoms with van der Waals surface area (Å²) in [5.41, 5.74) is 4.12. The van der Waals surface area contributed by atoms with Gasteiger partial charge in [0, 0.05) is 43.0 Å². The summed E-state index contributed by atoms with van der Waals surface area (Å²) in [5, 5.41) is 0. The Balaban J connectivity index is 1.11. The Bertz CT molecular complexity index is 1330. The average Bonchev–Trinajstić information content (AvgIpc) is 3.33. The second-order valence-electron chi connectivity index (χ2n) is 9.82. The van der Waals surface area contributed by atoms with Crippen LogP contribution < -0.4 is 9.80 Å². The molecule has 36 heavy (non-hydrogen) atoms. The molecule has 0 aliphatic carbocycles. The molecule has 3 aliphatic heterocycles. The lowest BCUT2D eigenvalue weighted by atomic mass is 9.89. The third-order valence-corrected chi connectivity index (χ3v) is 7.73. The van der Waals surface area contributed by atoms with E-state index in [1.807, 2.05) is 18.2 Å². The summed E-state index contributed by atoms with van der Waals surface area (Å²) >= 11 is 0. The van der Waals surface area contributed by atoms with Gasteiger partial charge in [-0.25, -0.2) is 8.78 Å². The van der Waals surface area contributed by atoms with Gasteiger partial charge < -0.3 is 14.7 Å². The third kappa shape index (κ3) is 3.88. The highest BCUT2D eigenvalue weighted by atomic mass is 19.1. The van der Waals surface area contributed by atoms with Gasteiger partial charge in [0.05, 0.1) is 11.3 Å². The quantitative estimate of drug-likeness (QED) is 0.350. The van der Waals surface area contributed by atoms with Crippen LogP contribution >= 0.6 is 0 Å². The molecule has 6 rings (SSSR count). The number of Topliss-reactive ketones (excluding diaryl/α,β-unsaturated/α-hetero) is 1. The fraction of sp³-hybridized carbons (Fsp3) is 0.310. The van der Waals surface area contributed by atoms with Gasteiger partial charge in [0.25, 0.3) is 11.7 Å². The first-order valence-electron chi connectivity index (χ1n) is 12.5. The number of benzene rings is 3. The van der Waals surface area contributed by atoms with Crippen molar-refractivity contribution >= 4 is 28.8 Å². The molecule has 0 saturated carbocycles. The first-order valence-corrected chi connectivity index (χ1v) is 12.5. The van der Waals surface area contributed by atoms with Crippen molar-refractivity contribution in [1.29, 1.82) is 0 Å². The molecule has 1 amide bonds. The molecule has 3 aromatic carbocycles. The molecule has 0 radical (unpaired) electrons. The molecule has 0 spiro atoms. The minimum Gasteiger partial charge on any atom is -0.337 e. The highest BCUT2D eigenvalue weighted by molar-refractivity contribution is 6.52. The van der Waals surface area contributed by atoms with Crippen LogP contribution in [0, 0.1) is 11.6 Å². The molecular formula is C29H27F2N3O2. The first-order chi connectivity index (χ1) is 17.5. The van der Waals surface area contributed by atoms with Gasteiger partial charge in [-0.05, 0) is 86.0 Å². The molecule has 0 N–H and O–H groups in total. The third-order valence-electron chi connectivity index (χ3n) is 7.73. The molecule has 2 atom stereocenters. The van der Waals surface area contributed by atoms with Crippen LogP contribution in [0.1, 0.15) is 41.1 Å². The number of amides is 1. The molecule has 1 fully saturated rings. The lowest BCUT2D eigenvalue weighted by Gasteiger charge is -2.39. The SMILES string of the molecule is O=C1C(=O)N(CCCCN2CC[C@@H]3[C@@H](C2)c2cc(F)ccc2N3c2ccc(F)cc2)c2ccccc21. The lowest BCUT2D eigenvalue weighted by molar-refractivity contribution is -0.114. The number of carbonyl (C=O) groups excluding carboxylic acids is 2. The van der Waals surface area contributed by atoms with Crippen LogP contribution in [0.25, 0.3) is 0 Å². The summed E-state index contributed by atoms with van der Waals surface area (Å²) in [7, 11) is 0. The largest absolute Gasteiger partial charge is 0.337 e. The molecule has 3 aromatic rings. The molecule has 0 unspecified atom stereocenters. The van der Waals surface area contributed by atoms with E-state index < -0.39 is 11.7 Å². The Labute approximate surface area is 208 Å². The summed E-state index contributed by atoms with van der Waals surface area (Å²) in [4.78, 5) is 30.9. The molecule has 0 bridgehead atoms. The number of anilines is 3. The summed E-state index contributed by atoms with van der Waals surface area (Å²) in [6, 6.07) is 18.9. The Hall–Kier alpha value is -3.58. The molecular weight excluding hydrogens is 460 g/mol. The van der Waals surface area contributed by atoms with Crippen LogP contribution in [0.15, 0.2) is 66.7 Å². The number of carbonyl (C=O) groups is 2. The zero-order chi connectivity index (χ0) is 24.8. The monoisotopic (exact) mass is 487 g/mol. The van der Waals surface area contributed by atoms with Gasteiger partial charge in [-0.2, -0.15) is 0 Å². The maximum atomic E-state index is 14.2. The van der Waals surface area contributed by atoms with Crippen LogP contribution in [0.3, 0.4) is 0 Å². The van der Waals surface area contributed by atoms with E-state index in [0.717, 1.165) is 55.8 Å². The van der Waals surface area contributed by atoms with Crippen LogP contribution in [-0.4, -0.2) is 48.8 Å². The van der Waals surface area contributed by atoms with Crippen molar-refractivity contribution in [1.82, 2.24) is 4.90 Å². The fourth-order valence-electron chi connectivity index (χ4n) is 6.05. The molecule has 0 aromatic heterocycles. The van der Waals surface area contributed by atoms with Crippen molar-refractivity contribution in [3.63, 3.8) is 0 Å². The predicted molar refractivity (Wildman–Crippen MR) is 135 cm³/mol. The van der Waals surface area contributed by atoms with Gasteiger partial charge in [-0.1, -0.05) is 12.1 Å². The number of para-hydroxylation sites is 1. The van der Waals surface area contributed by atoms with Gasteiger partial charge in [0.15, 0.2) is 0 Å². The van der Waals surface area contributed by atoms with E-state index >= 15 is 0 Å². The van der Waals surface area contributed by atoms with E-state index in [2.05, 4.69) is 9.80 Å². The maximum absolute atomic E-state index is 14.2. The number of ketones is 1. The first kappa shape index (κ1) is 22.9. The lowest BCUT2D eigenvalue weighted by Crippen LogP contribution is -2.45. The number of hydrogen-bond acceptors (Lipinski definition) is 4. The highest BCUT2D eigenvalue weighted by Gasteiger charge is 2.42. The minimum absolute atomic E-state index is 0.166. The van der Waals surface area contributed by atoms with Gasteiger partial charge in [-0.3, -0.25) is 9.59 Å². The van der Waals surface area contributed by atoms with Gasteiger partial charge in [0.1, 0.15) is 11.6 Å². The topological polar surface area (TPSA) is 43.9 Å². The van der Waals surface area contributed by atoms with Crippen molar-refractivity contribution in [3.8, 4) is 0 Å². The van der Waals surface area contributed by atoms with E-state index in [4.69, 9.17) is 0 Å². The Morgan fingerprint density at radius 2 is 1.58 bits per heavy atom. The Morgan fingerprint density at radius 3 is 2.42 bits per heavy atom. The van der Waals surface area contributed by atoms with Crippen molar-refractivity contribution in [2.75, 3.05) is 36.0 Å². The number of rotatable bonds is 6. The number of fused-ring (bicyclic) bond motifs is 4. The smallest absolute Gasteiger partial charge is 0.299 e. The Kier molecular flexibility index (Phi) is 5.80. The van der Waals surface area contributed by atoms with Gasteiger partial charge in [-0.15, -0.1) is 0 Å². The normalized spacial score (nSPS) is 21.1. The zero-order valence-electron chi connectivity index (χ0n) is 19.9. The predicted octanol–water partition coefficient (Wildman–Crippen LogP) is 5.28.